The number of fused-ring (bicyclic) bond motifs is 1. The first kappa shape index (κ1) is 18.0. The number of hydrogen-bond donors (Lipinski definition) is 1. The normalized spacial score (nSPS) is 10.6. The lowest BCUT2D eigenvalue weighted by atomic mass is 10.1. The molecule has 6 nitrogen and oxygen atoms in total. The van der Waals surface area contributed by atoms with Gasteiger partial charge in [0.2, 0.25) is 11.7 Å². The zero-order valence-electron chi connectivity index (χ0n) is 14.1. The van der Waals surface area contributed by atoms with E-state index in [4.69, 9.17) is 32.9 Å². The minimum Gasteiger partial charge on any atom is -0.403 e. The standard InChI is InChI=1S/C20H10Cl2N4O2/c21-15-5-2-6-16(22)17(15)14-8-12-10-24-20(26-18(12)28-19(14)27)25-13-4-1-3-11(7-13)9-23/h1-8,10H,(H,24,25,26). The molecule has 2 heterocycles. The summed E-state index contributed by atoms with van der Waals surface area (Å²) in [5.41, 5.74) is 1.27. The predicted molar refractivity (Wildman–Crippen MR) is 108 cm³/mol. The fourth-order valence-corrected chi connectivity index (χ4v) is 3.30. The molecule has 1 N–H and O–H groups in total. The quantitative estimate of drug-likeness (QED) is 0.502. The van der Waals surface area contributed by atoms with E-state index in [0.29, 0.717) is 32.2 Å². The Morgan fingerprint density at radius 1 is 1.07 bits per heavy atom. The first-order valence-electron chi connectivity index (χ1n) is 8.07. The van der Waals surface area contributed by atoms with Crippen LogP contribution < -0.4 is 10.9 Å². The van der Waals surface area contributed by atoms with Gasteiger partial charge < -0.3 is 9.73 Å². The molecule has 0 atom stereocenters. The number of halogens is 2. The Morgan fingerprint density at radius 3 is 2.57 bits per heavy atom. The Bertz CT molecular complexity index is 1290. The number of nitriles is 1. The van der Waals surface area contributed by atoms with Gasteiger partial charge in [-0.3, -0.25) is 0 Å². The predicted octanol–water partition coefficient (Wildman–Crippen LogP) is 5.17. The topological polar surface area (TPSA) is 91.8 Å². The van der Waals surface area contributed by atoms with E-state index >= 15 is 0 Å². The Morgan fingerprint density at radius 2 is 1.82 bits per heavy atom. The first-order valence-corrected chi connectivity index (χ1v) is 8.83. The molecule has 0 bridgehead atoms. The molecule has 0 aliphatic heterocycles. The van der Waals surface area contributed by atoms with E-state index in [-0.39, 0.29) is 17.2 Å². The number of nitrogens with one attached hydrogen (secondary N) is 1. The van der Waals surface area contributed by atoms with E-state index in [9.17, 15) is 4.79 Å². The Hall–Kier alpha value is -3.40. The second-order valence-electron chi connectivity index (χ2n) is 5.82. The van der Waals surface area contributed by atoms with Gasteiger partial charge in [-0.15, -0.1) is 0 Å². The van der Waals surface area contributed by atoms with Crippen molar-refractivity contribution in [3.8, 4) is 17.2 Å². The lowest BCUT2D eigenvalue weighted by Crippen LogP contribution is -2.05. The highest BCUT2D eigenvalue weighted by molar-refractivity contribution is 6.39. The van der Waals surface area contributed by atoms with Crippen LogP contribution in [0.25, 0.3) is 22.2 Å². The molecule has 0 aliphatic rings. The largest absolute Gasteiger partial charge is 0.403 e. The summed E-state index contributed by atoms with van der Waals surface area (Å²) in [6.07, 6.45) is 1.52. The van der Waals surface area contributed by atoms with Crippen LogP contribution >= 0.6 is 23.2 Å². The van der Waals surface area contributed by atoms with Crippen molar-refractivity contribution in [1.82, 2.24) is 9.97 Å². The van der Waals surface area contributed by atoms with Crippen molar-refractivity contribution in [2.75, 3.05) is 5.32 Å². The average Bonchev–Trinajstić information content (AvgIpc) is 2.68. The molecule has 0 radical (unpaired) electrons. The lowest BCUT2D eigenvalue weighted by molar-refractivity contribution is 0.551. The molecule has 0 saturated carbocycles. The molecule has 4 rings (SSSR count). The summed E-state index contributed by atoms with van der Waals surface area (Å²) in [4.78, 5) is 21.0. The lowest BCUT2D eigenvalue weighted by Gasteiger charge is -2.08. The number of aromatic nitrogens is 2. The van der Waals surface area contributed by atoms with Gasteiger partial charge in [0.25, 0.3) is 0 Å². The third kappa shape index (κ3) is 3.41. The molecule has 0 spiro atoms. The second kappa shape index (κ2) is 7.31. The molecule has 8 heteroatoms. The maximum Gasteiger partial charge on any atom is 0.345 e. The number of rotatable bonds is 3. The minimum atomic E-state index is -0.612. The highest BCUT2D eigenvalue weighted by Crippen LogP contribution is 2.33. The van der Waals surface area contributed by atoms with E-state index in [1.54, 1.807) is 48.5 Å². The molecular formula is C20H10Cl2N4O2. The number of nitrogens with zero attached hydrogens (tertiary/aromatic N) is 3. The van der Waals surface area contributed by atoms with Crippen molar-refractivity contribution in [3.63, 3.8) is 0 Å². The summed E-state index contributed by atoms with van der Waals surface area (Å²) in [6.45, 7) is 0. The number of anilines is 2. The molecule has 0 aliphatic carbocycles. The van der Waals surface area contributed by atoms with Crippen LogP contribution in [0, 0.1) is 11.3 Å². The van der Waals surface area contributed by atoms with Crippen LogP contribution in [0.3, 0.4) is 0 Å². The minimum absolute atomic E-state index is 0.117. The van der Waals surface area contributed by atoms with E-state index in [1.807, 2.05) is 0 Å². The third-order valence-electron chi connectivity index (χ3n) is 3.97. The van der Waals surface area contributed by atoms with Gasteiger partial charge in [0, 0.05) is 17.4 Å². The first-order chi connectivity index (χ1) is 13.5. The van der Waals surface area contributed by atoms with Crippen LogP contribution in [0.2, 0.25) is 10.0 Å². The third-order valence-corrected chi connectivity index (χ3v) is 4.60. The average molecular weight is 409 g/mol. The van der Waals surface area contributed by atoms with E-state index < -0.39 is 5.63 Å². The van der Waals surface area contributed by atoms with Crippen molar-refractivity contribution in [3.05, 3.63) is 80.8 Å². The molecule has 136 valence electrons. The van der Waals surface area contributed by atoms with Crippen LogP contribution in [-0.4, -0.2) is 9.97 Å². The highest BCUT2D eigenvalue weighted by atomic mass is 35.5. The van der Waals surface area contributed by atoms with Gasteiger partial charge in [-0.25, -0.2) is 9.78 Å². The number of hydrogen-bond acceptors (Lipinski definition) is 6. The smallest absolute Gasteiger partial charge is 0.345 e. The number of benzene rings is 2. The molecule has 0 unspecified atom stereocenters. The molecule has 4 aromatic rings. The molecule has 0 saturated heterocycles. The van der Waals surface area contributed by atoms with Crippen molar-refractivity contribution in [2.24, 2.45) is 0 Å². The molecular weight excluding hydrogens is 399 g/mol. The van der Waals surface area contributed by atoms with Crippen LogP contribution in [-0.2, 0) is 0 Å². The van der Waals surface area contributed by atoms with Gasteiger partial charge in [0.05, 0.1) is 32.6 Å². The zero-order valence-corrected chi connectivity index (χ0v) is 15.6. The van der Waals surface area contributed by atoms with Crippen molar-refractivity contribution in [1.29, 1.82) is 5.26 Å². The fraction of sp³-hybridized carbons (Fsp3) is 0. The maximum absolute atomic E-state index is 12.5. The summed E-state index contributed by atoms with van der Waals surface area (Å²) < 4.78 is 5.36. The van der Waals surface area contributed by atoms with Crippen LogP contribution in [0.15, 0.2) is 63.9 Å². The van der Waals surface area contributed by atoms with Gasteiger partial charge in [-0.05, 0) is 36.4 Å². The van der Waals surface area contributed by atoms with Gasteiger partial charge in [0.15, 0.2) is 0 Å². The van der Waals surface area contributed by atoms with Gasteiger partial charge >= 0.3 is 5.63 Å². The Kier molecular flexibility index (Phi) is 4.70. The van der Waals surface area contributed by atoms with E-state index in [2.05, 4.69) is 21.4 Å². The van der Waals surface area contributed by atoms with Crippen molar-refractivity contribution in [2.45, 2.75) is 0 Å². The summed E-state index contributed by atoms with van der Waals surface area (Å²) in [7, 11) is 0. The van der Waals surface area contributed by atoms with Crippen molar-refractivity contribution >= 4 is 45.9 Å². The molecule has 0 amide bonds. The van der Waals surface area contributed by atoms with E-state index in [0.717, 1.165) is 0 Å². The summed E-state index contributed by atoms with van der Waals surface area (Å²) >= 11 is 12.4. The Balaban J connectivity index is 1.76. The maximum atomic E-state index is 12.5. The second-order valence-corrected chi connectivity index (χ2v) is 6.63. The summed E-state index contributed by atoms with van der Waals surface area (Å²) in [5, 5.41) is 13.2. The van der Waals surface area contributed by atoms with Gasteiger partial charge in [-0.1, -0.05) is 35.3 Å². The zero-order chi connectivity index (χ0) is 19.7. The van der Waals surface area contributed by atoms with Crippen molar-refractivity contribution < 1.29 is 4.42 Å². The molecule has 0 fully saturated rings. The van der Waals surface area contributed by atoms with Gasteiger partial charge in [0.1, 0.15) is 0 Å². The highest BCUT2D eigenvalue weighted by Gasteiger charge is 2.15. The SMILES string of the molecule is N#Cc1cccc(Nc2ncc3cc(-c4c(Cl)cccc4Cl)c(=O)oc3n2)c1. The molecule has 28 heavy (non-hydrogen) atoms. The Labute approximate surface area is 169 Å². The summed E-state index contributed by atoms with van der Waals surface area (Å²) in [6, 6.07) is 15.5. The fourth-order valence-electron chi connectivity index (χ4n) is 2.70. The molecule has 2 aromatic carbocycles. The summed E-state index contributed by atoms with van der Waals surface area (Å²) in [5.74, 6) is 0.231. The van der Waals surface area contributed by atoms with Crippen LogP contribution in [0.5, 0.6) is 0 Å². The van der Waals surface area contributed by atoms with E-state index in [1.165, 1.54) is 6.20 Å². The monoisotopic (exact) mass is 408 g/mol. The van der Waals surface area contributed by atoms with Crippen LogP contribution in [0.1, 0.15) is 5.56 Å². The molecule has 2 aromatic heterocycles. The van der Waals surface area contributed by atoms with Crippen LogP contribution in [0.4, 0.5) is 11.6 Å². The van der Waals surface area contributed by atoms with Gasteiger partial charge in [-0.2, -0.15) is 10.2 Å².